The molecular weight excluding hydrogens is 1180 g/mol. The van der Waals surface area contributed by atoms with Gasteiger partial charge in [0.05, 0.1) is 38.6 Å². The molecule has 0 bridgehead atoms. The van der Waals surface area contributed by atoms with E-state index in [0.717, 1.165) is 103 Å². The molecule has 1 amide bonds. The zero-order chi connectivity index (χ0) is 66.8. The van der Waals surface area contributed by atoms with Crippen molar-refractivity contribution in [2.24, 2.45) is 0 Å². The molecule has 92 heavy (non-hydrogen) atoms. The Morgan fingerprint density at radius 2 is 0.761 bits per heavy atom. The maximum absolute atomic E-state index is 13.4. The van der Waals surface area contributed by atoms with Crippen LogP contribution in [0.15, 0.2) is 122 Å². The monoisotopic (exact) mass is 1300 g/mol. The van der Waals surface area contributed by atoms with Crippen molar-refractivity contribution in [3.05, 3.63) is 122 Å². The number of hydrogen-bond acceptors (Lipinski definition) is 18. The predicted molar refractivity (Wildman–Crippen MR) is 360 cm³/mol. The SMILES string of the molecule is CC/C=C\C/C=C\C/C=C\C/C=C\C/C=C\C/C=C\C/C=C\CCCCCCCCCCCC(=O)NC(COC1OC(CO)C(OC2OC(CO)C(OC3OC(CO)C(O)C(O)C3O)C(O)C2O)C(O)C1O)C(O)/C=C/CC/C=C/CC/C=C/CCCCCCCC. The minimum absolute atomic E-state index is 0.216. The summed E-state index contributed by atoms with van der Waals surface area (Å²) in [5, 5.41) is 120. The van der Waals surface area contributed by atoms with Crippen LogP contribution >= 0.6 is 0 Å². The first-order chi connectivity index (χ1) is 44.8. The number of unbranched alkanes of at least 4 members (excludes halogenated alkanes) is 17. The minimum atomic E-state index is -1.99. The zero-order valence-electron chi connectivity index (χ0n) is 55.5. The first-order valence-corrected chi connectivity index (χ1v) is 34.8. The molecule has 0 aromatic rings. The normalized spacial score (nSPS) is 28.5. The summed E-state index contributed by atoms with van der Waals surface area (Å²) >= 11 is 0. The van der Waals surface area contributed by atoms with E-state index < -0.39 is 124 Å². The van der Waals surface area contributed by atoms with Crippen LogP contribution in [-0.2, 0) is 33.2 Å². The fourth-order valence-corrected chi connectivity index (χ4v) is 10.8. The summed E-state index contributed by atoms with van der Waals surface area (Å²) in [5.74, 6) is -0.302. The molecule has 3 fully saturated rings. The fraction of sp³-hybridized carbons (Fsp3) is 0.712. The fourth-order valence-electron chi connectivity index (χ4n) is 10.8. The lowest BCUT2D eigenvalue weighted by Crippen LogP contribution is -2.66. The number of rotatable bonds is 51. The Kier molecular flexibility index (Phi) is 47.8. The van der Waals surface area contributed by atoms with Crippen molar-refractivity contribution in [2.75, 3.05) is 26.4 Å². The molecule has 0 aromatic heterocycles. The van der Waals surface area contributed by atoms with Gasteiger partial charge in [0.15, 0.2) is 18.9 Å². The molecule has 0 aromatic carbocycles. The largest absolute Gasteiger partial charge is 0.394 e. The number of nitrogens with one attached hydrogen (secondary N) is 1. The van der Waals surface area contributed by atoms with Crippen molar-refractivity contribution in [2.45, 2.75) is 304 Å². The van der Waals surface area contributed by atoms with Crippen LogP contribution in [0.25, 0.3) is 0 Å². The third-order valence-corrected chi connectivity index (χ3v) is 16.5. The Balaban J connectivity index is 1.42. The van der Waals surface area contributed by atoms with Gasteiger partial charge < -0.3 is 89.9 Å². The molecule has 12 N–H and O–H groups in total. The number of carbonyl (C=O) groups is 1. The highest BCUT2D eigenvalue weighted by molar-refractivity contribution is 5.76. The molecular formula is C73H121NO18. The summed E-state index contributed by atoms with van der Waals surface area (Å²) in [6.07, 6.45) is 46.0. The lowest BCUT2D eigenvalue weighted by Gasteiger charge is -2.48. The standard InChI is InChI=1S/C73H121NO18/c1-3-5-7-9-11-13-15-17-19-21-22-23-24-25-26-27-28-29-30-31-32-33-34-35-37-39-41-43-45-47-49-51-61(79)74-56(57(78)50-48-46-44-42-40-38-36-20-18-16-14-12-10-8-6-4-2)55-87-71-67(85)64(82)69(59(53-76)89-71)92-73-68(86)65(83)70(60(54-77)90-73)91-72-66(84)63(81)62(80)58(52-75)88-72/h5,7,11,13,17-20,22-23,25-26,28-29,31-32,40,42,48,50,56-60,62-73,75-78,80-86H,3-4,6,8-10,12,14-16,21,24,27,30,33-39,41,43-47,49,51-55H2,1-2H3,(H,74,79)/b7-5-,13-11-,19-17-,20-18+,23-22-,26-25-,29-28-,32-31-,42-40+,50-48+. The quantitative estimate of drug-likeness (QED) is 0.0199. The van der Waals surface area contributed by atoms with E-state index in [1.807, 2.05) is 6.08 Å². The number of allylic oxidation sites excluding steroid dienone is 19. The van der Waals surface area contributed by atoms with Gasteiger partial charge in [-0.2, -0.15) is 0 Å². The molecule has 3 saturated heterocycles. The molecule has 0 saturated carbocycles. The van der Waals surface area contributed by atoms with Gasteiger partial charge >= 0.3 is 0 Å². The molecule has 0 aliphatic carbocycles. The number of hydrogen-bond donors (Lipinski definition) is 12. The van der Waals surface area contributed by atoms with Gasteiger partial charge in [-0.1, -0.05) is 212 Å². The molecule has 19 nitrogen and oxygen atoms in total. The van der Waals surface area contributed by atoms with E-state index in [9.17, 15) is 61.0 Å². The smallest absolute Gasteiger partial charge is 0.220 e. The molecule has 17 atom stereocenters. The van der Waals surface area contributed by atoms with E-state index in [2.05, 4.69) is 129 Å². The van der Waals surface area contributed by atoms with Crippen LogP contribution < -0.4 is 5.32 Å². The Bertz CT molecular complexity index is 2140. The molecule has 3 aliphatic rings. The van der Waals surface area contributed by atoms with Crippen LogP contribution in [0.3, 0.4) is 0 Å². The van der Waals surface area contributed by atoms with Gasteiger partial charge in [0, 0.05) is 6.42 Å². The number of aliphatic hydroxyl groups excluding tert-OH is 11. The molecule has 0 radical (unpaired) electrons. The van der Waals surface area contributed by atoms with Crippen molar-refractivity contribution >= 4 is 5.91 Å². The van der Waals surface area contributed by atoms with Crippen LogP contribution in [0.1, 0.15) is 200 Å². The number of aliphatic hydroxyl groups is 11. The van der Waals surface area contributed by atoms with Crippen LogP contribution in [0.5, 0.6) is 0 Å². The average Bonchev–Trinajstić information content (AvgIpc) is 0.834. The van der Waals surface area contributed by atoms with Gasteiger partial charge in [0.2, 0.25) is 5.91 Å². The maximum Gasteiger partial charge on any atom is 0.220 e. The van der Waals surface area contributed by atoms with Crippen LogP contribution in [0.2, 0.25) is 0 Å². The Hall–Kier alpha value is -3.81. The van der Waals surface area contributed by atoms with Crippen LogP contribution in [0.4, 0.5) is 0 Å². The molecule has 3 aliphatic heterocycles. The van der Waals surface area contributed by atoms with E-state index in [0.29, 0.717) is 12.8 Å². The molecule has 0 spiro atoms. The summed E-state index contributed by atoms with van der Waals surface area (Å²) in [7, 11) is 0. The first kappa shape index (κ1) is 82.4. The molecule has 19 heteroatoms. The second kappa shape index (κ2) is 53.3. The summed E-state index contributed by atoms with van der Waals surface area (Å²) in [5.41, 5.74) is 0. The van der Waals surface area contributed by atoms with Gasteiger partial charge in [-0.15, -0.1) is 0 Å². The molecule has 526 valence electrons. The van der Waals surface area contributed by atoms with Gasteiger partial charge in [0.1, 0.15) is 73.2 Å². The van der Waals surface area contributed by atoms with E-state index >= 15 is 0 Å². The highest BCUT2D eigenvalue weighted by atomic mass is 16.8. The lowest BCUT2D eigenvalue weighted by molar-refractivity contribution is -0.379. The van der Waals surface area contributed by atoms with Gasteiger partial charge in [-0.05, 0) is 103 Å². The Labute approximate surface area is 550 Å². The topological polar surface area (TPSA) is 307 Å². The van der Waals surface area contributed by atoms with Crippen molar-refractivity contribution in [3.63, 3.8) is 0 Å². The van der Waals surface area contributed by atoms with E-state index in [1.54, 1.807) is 6.08 Å². The summed E-state index contributed by atoms with van der Waals surface area (Å²) in [6.45, 7) is 1.55. The van der Waals surface area contributed by atoms with Crippen molar-refractivity contribution in [3.8, 4) is 0 Å². The van der Waals surface area contributed by atoms with E-state index in [4.69, 9.17) is 28.4 Å². The van der Waals surface area contributed by atoms with Crippen LogP contribution in [0, 0.1) is 0 Å². The second-order valence-corrected chi connectivity index (χ2v) is 24.2. The molecule has 17 unspecified atom stereocenters. The highest BCUT2D eigenvalue weighted by Crippen LogP contribution is 2.33. The zero-order valence-corrected chi connectivity index (χ0v) is 55.5. The first-order valence-electron chi connectivity index (χ1n) is 34.8. The Morgan fingerprint density at radius 1 is 0.402 bits per heavy atom. The van der Waals surface area contributed by atoms with Gasteiger partial charge in [-0.25, -0.2) is 0 Å². The number of carbonyl (C=O) groups excluding carboxylic acids is 1. The third kappa shape index (κ3) is 34.7. The molecule has 3 rings (SSSR count). The third-order valence-electron chi connectivity index (χ3n) is 16.5. The van der Waals surface area contributed by atoms with Crippen molar-refractivity contribution in [1.29, 1.82) is 0 Å². The number of amides is 1. The maximum atomic E-state index is 13.4. The highest BCUT2D eigenvalue weighted by Gasteiger charge is 2.53. The summed E-state index contributed by atoms with van der Waals surface area (Å²) < 4.78 is 34.3. The van der Waals surface area contributed by atoms with Crippen LogP contribution in [-0.4, -0.2) is 193 Å². The van der Waals surface area contributed by atoms with Crippen molar-refractivity contribution in [1.82, 2.24) is 5.32 Å². The summed E-state index contributed by atoms with van der Waals surface area (Å²) in [4.78, 5) is 13.4. The lowest BCUT2D eigenvalue weighted by atomic mass is 9.96. The number of ether oxygens (including phenoxy) is 6. The van der Waals surface area contributed by atoms with Gasteiger partial charge in [0.25, 0.3) is 0 Å². The van der Waals surface area contributed by atoms with E-state index in [-0.39, 0.29) is 18.9 Å². The summed E-state index contributed by atoms with van der Waals surface area (Å²) in [6, 6.07) is -1.01. The average molecular weight is 1300 g/mol. The van der Waals surface area contributed by atoms with E-state index in [1.165, 1.54) is 64.2 Å². The second-order valence-electron chi connectivity index (χ2n) is 24.2. The van der Waals surface area contributed by atoms with Crippen molar-refractivity contribution < 1.29 is 89.4 Å². The Morgan fingerprint density at radius 3 is 1.22 bits per heavy atom. The molecule has 3 heterocycles. The van der Waals surface area contributed by atoms with Gasteiger partial charge in [-0.3, -0.25) is 4.79 Å². The predicted octanol–water partition coefficient (Wildman–Crippen LogP) is 9.21. The minimum Gasteiger partial charge on any atom is -0.394 e.